The molecule has 4 nitrogen and oxygen atoms in total. The van der Waals surface area contributed by atoms with Gasteiger partial charge in [0.05, 0.1) is 12.8 Å². The van der Waals surface area contributed by atoms with Gasteiger partial charge in [-0.1, -0.05) is 17.3 Å². The Kier molecular flexibility index (Phi) is 4.88. The van der Waals surface area contributed by atoms with Gasteiger partial charge < -0.3 is 14.9 Å². The molecule has 1 atom stereocenters. The summed E-state index contributed by atoms with van der Waals surface area (Å²) in [6.07, 6.45) is 0.753. The van der Waals surface area contributed by atoms with Gasteiger partial charge in [-0.25, -0.2) is 4.39 Å². The van der Waals surface area contributed by atoms with Crippen molar-refractivity contribution in [2.45, 2.75) is 19.1 Å². The Labute approximate surface area is 134 Å². The number of hydrogen-bond acceptors (Lipinski definition) is 4. The van der Waals surface area contributed by atoms with Crippen molar-refractivity contribution in [3.05, 3.63) is 65.5 Å². The minimum Gasteiger partial charge on any atom is -0.497 e. The van der Waals surface area contributed by atoms with Crippen LogP contribution in [-0.4, -0.2) is 25.5 Å². The van der Waals surface area contributed by atoms with E-state index in [4.69, 9.17) is 9.57 Å². The normalized spacial score (nSPS) is 16.8. The summed E-state index contributed by atoms with van der Waals surface area (Å²) >= 11 is 0. The molecule has 23 heavy (non-hydrogen) atoms. The monoisotopic (exact) mass is 314 g/mol. The molecule has 3 rings (SSSR count). The van der Waals surface area contributed by atoms with Crippen LogP contribution in [0.5, 0.6) is 5.75 Å². The van der Waals surface area contributed by atoms with Crippen LogP contribution in [0.3, 0.4) is 0 Å². The Morgan fingerprint density at radius 3 is 2.83 bits per heavy atom. The number of nitrogens with one attached hydrogen (secondary N) is 1. The first-order chi connectivity index (χ1) is 11.2. The predicted octanol–water partition coefficient (Wildman–Crippen LogP) is 3.12. The zero-order valence-electron chi connectivity index (χ0n) is 13.0. The van der Waals surface area contributed by atoms with Gasteiger partial charge in [0.1, 0.15) is 17.7 Å². The highest BCUT2D eigenvalue weighted by Gasteiger charge is 2.21. The number of nitrogens with zero attached hydrogens (tertiary/aromatic N) is 1. The van der Waals surface area contributed by atoms with E-state index in [9.17, 15) is 4.39 Å². The number of methoxy groups -OCH3 is 1. The maximum absolute atomic E-state index is 13.1. The summed E-state index contributed by atoms with van der Waals surface area (Å²) in [6.45, 7) is 1.27. The van der Waals surface area contributed by atoms with Crippen molar-refractivity contribution in [2.75, 3.05) is 13.7 Å². The first-order valence-corrected chi connectivity index (χ1v) is 7.57. The topological polar surface area (TPSA) is 42.9 Å². The van der Waals surface area contributed by atoms with Crippen molar-refractivity contribution in [1.29, 1.82) is 0 Å². The van der Waals surface area contributed by atoms with Crippen LogP contribution in [0.25, 0.3) is 0 Å². The van der Waals surface area contributed by atoms with Crippen molar-refractivity contribution in [1.82, 2.24) is 5.32 Å². The van der Waals surface area contributed by atoms with Gasteiger partial charge in [0.25, 0.3) is 0 Å². The van der Waals surface area contributed by atoms with Crippen LogP contribution in [0.2, 0.25) is 0 Å². The molecule has 1 unspecified atom stereocenters. The molecular formula is C18H19FN2O2. The maximum atomic E-state index is 13.1. The van der Waals surface area contributed by atoms with Crippen molar-refractivity contribution in [2.24, 2.45) is 5.16 Å². The second-order valence-electron chi connectivity index (χ2n) is 5.46. The molecule has 1 aliphatic heterocycles. The summed E-state index contributed by atoms with van der Waals surface area (Å²) in [5, 5.41) is 7.43. The number of oxime groups is 1. The molecule has 0 amide bonds. The molecular weight excluding hydrogens is 295 g/mol. The predicted molar refractivity (Wildman–Crippen MR) is 87.1 cm³/mol. The maximum Gasteiger partial charge on any atom is 0.145 e. The molecule has 1 heterocycles. The molecule has 0 aromatic heterocycles. The molecule has 0 bridgehead atoms. The van der Waals surface area contributed by atoms with E-state index in [1.54, 1.807) is 13.2 Å². The molecule has 0 saturated carbocycles. The van der Waals surface area contributed by atoms with E-state index >= 15 is 0 Å². The minimum atomic E-state index is -0.216. The molecule has 0 aliphatic carbocycles. The third-order valence-corrected chi connectivity index (χ3v) is 3.75. The highest BCUT2D eigenvalue weighted by atomic mass is 19.1. The Hall–Kier alpha value is -2.40. The van der Waals surface area contributed by atoms with Gasteiger partial charge in [0, 0.05) is 19.5 Å². The molecule has 0 fully saturated rings. The fourth-order valence-electron chi connectivity index (χ4n) is 2.52. The quantitative estimate of drug-likeness (QED) is 0.891. The molecule has 120 valence electrons. The van der Waals surface area contributed by atoms with Gasteiger partial charge in [-0.05, 0) is 47.5 Å². The number of ether oxygens (including phenoxy) is 1. The van der Waals surface area contributed by atoms with Crippen molar-refractivity contribution < 1.29 is 14.0 Å². The SMILES string of the molecule is COc1ccc(C2=NOC(CNCc3cccc(F)c3)C2)cc1. The highest BCUT2D eigenvalue weighted by Crippen LogP contribution is 2.19. The lowest BCUT2D eigenvalue weighted by molar-refractivity contribution is 0.0848. The Bertz CT molecular complexity index is 686. The number of hydrogen-bond donors (Lipinski definition) is 1. The van der Waals surface area contributed by atoms with Crippen LogP contribution in [0.4, 0.5) is 4.39 Å². The second kappa shape index (κ2) is 7.24. The molecule has 2 aromatic carbocycles. The summed E-state index contributed by atoms with van der Waals surface area (Å²) in [6, 6.07) is 14.3. The van der Waals surface area contributed by atoms with Crippen LogP contribution in [0, 0.1) is 5.82 Å². The first kappa shape index (κ1) is 15.5. The lowest BCUT2D eigenvalue weighted by Crippen LogP contribution is -2.26. The zero-order chi connectivity index (χ0) is 16.1. The summed E-state index contributed by atoms with van der Waals surface area (Å²) in [5.74, 6) is 0.605. The molecule has 5 heteroatoms. The van der Waals surface area contributed by atoms with Gasteiger partial charge in [0.2, 0.25) is 0 Å². The third kappa shape index (κ3) is 4.07. The smallest absolute Gasteiger partial charge is 0.145 e. The van der Waals surface area contributed by atoms with E-state index in [1.165, 1.54) is 12.1 Å². The van der Waals surface area contributed by atoms with Crippen molar-refractivity contribution in [3.8, 4) is 5.75 Å². The van der Waals surface area contributed by atoms with Crippen LogP contribution in [-0.2, 0) is 11.4 Å². The van der Waals surface area contributed by atoms with E-state index < -0.39 is 0 Å². The summed E-state index contributed by atoms with van der Waals surface area (Å²) in [5.41, 5.74) is 2.89. The average Bonchev–Trinajstić information content (AvgIpc) is 3.04. The lowest BCUT2D eigenvalue weighted by atomic mass is 10.0. The largest absolute Gasteiger partial charge is 0.497 e. The number of halogens is 1. The molecule has 1 aliphatic rings. The number of rotatable bonds is 6. The minimum absolute atomic E-state index is 0.000612. The standard InChI is InChI=1S/C18H19FN2O2/c1-22-16-7-5-14(6-8-16)18-10-17(23-21-18)12-20-11-13-3-2-4-15(19)9-13/h2-9,17,20H,10-12H2,1H3. The average molecular weight is 314 g/mol. The van der Waals surface area contributed by atoms with E-state index in [1.807, 2.05) is 30.3 Å². The van der Waals surface area contributed by atoms with Crippen LogP contribution in [0.15, 0.2) is 53.7 Å². The Morgan fingerprint density at radius 1 is 1.26 bits per heavy atom. The molecule has 1 N–H and O–H groups in total. The molecule has 0 radical (unpaired) electrons. The van der Waals surface area contributed by atoms with Crippen molar-refractivity contribution >= 4 is 5.71 Å². The first-order valence-electron chi connectivity index (χ1n) is 7.57. The van der Waals surface area contributed by atoms with Gasteiger partial charge in [-0.15, -0.1) is 0 Å². The van der Waals surface area contributed by atoms with Gasteiger partial charge >= 0.3 is 0 Å². The number of benzene rings is 2. The fraction of sp³-hybridized carbons (Fsp3) is 0.278. The summed E-state index contributed by atoms with van der Waals surface area (Å²) < 4.78 is 18.3. The summed E-state index contributed by atoms with van der Waals surface area (Å²) in [7, 11) is 1.64. The van der Waals surface area contributed by atoms with Crippen LogP contribution in [0.1, 0.15) is 17.5 Å². The van der Waals surface area contributed by atoms with E-state index in [-0.39, 0.29) is 11.9 Å². The third-order valence-electron chi connectivity index (χ3n) is 3.75. The van der Waals surface area contributed by atoms with Gasteiger partial charge in [-0.3, -0.25) is 0 Å². The summed E-state index contributed by atoms with van der Waals surface area (Å²) in [4.78, 5) is 5.46. The Balaban J connectivity index is 1.47. The van der Waals surface area contributed by atoms with Gasteiger partial charge in [0.15, 0.2) is 0 Å². The van der Waals surface area contributed by atoms with Crippen LogP contribution >= 0.6 is 0 Å². The van der Waals surface area contributed by atoms with Crippen LogP contribution < -0.4 is 10.1 Å². The molecule has 0 spiro atoms. The zero-order valence-corrected chi connectivity index (χ0v) is 13.0. The van der Waals surface area contributed by atoms with E-state index in [0.717, 1.165) is 29.0 Å². The molecule has 2 aromatic rings. The fourth-order valence-corrected chi connectivity index (χ4v) is 2.52. The van der Waals surface area contributed by atoms with Gasteiger partial charge in [-0.2, -0.15) is 0 Å². The second-order valence-corrected chi connectivity index (χ2v) is 5.46. The lowest BCUT2D eigenvalue weighted by Gasteiger charge is -2.10. The van der Waals surface area contributed by atoms with E-state index in [2.05, 4.69) is 10.5 Å². The Morgan fingerprint density at radius 2 is 2.09 bits per heavy atom. The highest BCUT2D eigenvalue weighted by molar-refractivity contribution is 6.01. The molecule has 0 saturated heterocycles. The van der Waals surface area contributed by atoms with E-state index in [0.29, 0.717) is 13.1 Å². The van der Waals surface area contributed by atoms with Crippen molar-refractivity contribution in [3.63, 3.8) is 0 Å².